The van der Waals surface area contributed by atoms with Crippen LogP contribution in [0.15, 0.2) is 38.6 Å². The predicted octanol–water partition coefficient (Wildman–Crippen LogP) is 2.61. The van der Waals surface area contributed by atoms with Crippen LogP contribution in [-0.4, -0.2) is 7.11 Å². The number of azide groups is 1. The number of hydrogen-bond acceptors (Lipinski definition) is 4. The summed E-state index contributed by atoms with van der Waals surface area (Å²) < 4.78 is 10.5. The number of rotatable bonds is 3. The lowest BCUT2D eigenvalue weighted by Gasteiger charge is -2.02. The Hall–Kier alpha value is -2.46. The van der Waals surface area contributed by atoms with E-state index in [9.17, 15) is 4.79 Å². The Morgan fingerprint density at radius 1 is 1.47 bits per heavy atom. The van der Waals surface area contributed by atoms with Crippen molar-refractivity contribution < 1.29 is 9.15 Å². The summed E-state index contributed by atoms with van der Waals surface area (Å²) >= 11 is 0. The van der Waals surface area contributed by atoms with Crippen molar-refractivity contribution in [3.8, 4) is 5.75 Å². The summed E-state index contributed by atoms with van der Waals surface area (Å²) in [4.78, 5) is 14.3. The number of benzene rings is 1. The number of methoxy groups -OCH3 is 1. The molecule has 1 heterocycles. The minimum atomic E-state index is -0.169. The van der Waals surface area contributed by atoms with Crippen molar-refractivity contribution in [1.29, 1.82) is 0 Å². The molecule has 17 heavy (non-hydrogen) atoms. The van der Waals surface area contributed by atoms with E-state index in [-0.39, 0.29) is 12.0 Å². The molecule has 0 amide bonds. The SMILES string of the molecule is COc1ccc2c(=O)cc(CN=[N+]=[N-])oc2c1. The second-order valence-electron chi connectivity index (χ2n) is 3.33. The predicted molar refractivity (Wildman–Crippen MR) is 61.9 cm³/mol. The second-order valence-corrected chi connectivity index (χ2v) is 3.33. The fourth-order valence-electron chi connectivity index (χ4n) is 1.49. The van der Waals surface area contributed by atoms with E-state index in [1.807, 2.05) is 0 Å². The van der Waals surface area contributed by atoms with Gasteiger partial charge in [-0.1, -0.05) is 5.11 Å². The van der Waals surface area contributed by atoms with E-state index in [1.165, 1.54) is 13.2 Å². The zero-order valence-corrected chi connectivity index (χ0v) is 9.08. The van der Waals surface area contributed by atoms with Gasteiger partial charge in [-0.25, -0.2) is 0 Å². The molecule has 2 aromatic rings. The van der Waals surface area contributed by atoms with Crippen LogP contribution >= 0.6 is 0 Å². The molecule has 0 aliphatic carbocycles. The van der Waals surface area contributed by atoms with Crippen LogP contribution in [0.2, 0.25) is 0 Å². The lowest BCUT2D eigenvalue weighted by atomic mass is 10.2. The van der Waals surface area contributed by atoms with Crippen LogP contribution in [0.4, 0.5) is 0 Å². The van der Waals surface area contributed by atoms with Crippen molar-refractivity contribution in [2.45, 2.75) is 6.54 Å². The maximum absolute atomic E-state index is 11.7. The van der Waals surface area contributed by atoms with Crippen LogP contribution in [0.5, 0.6) is 5.75 Å². The lowest BCUT2D eigenvalue weighted by Crippen LogP contribution is -2.01. The van der Waals surface area contributed by atoms with Gasteiger partial charge in [0.1, 0.15) is 17.1 Å². The Labute approximate surface area is 96.1 Å². The molecule has 0 saturated carbocycles. The maximum Gasteiger partial charge on any atom is 0.192 e. The van der Waals surface area contributed by atoms with Gasteiger partial charge in [0.05, 0.1) is 19.0 Å². The molecule has 86 valence electrons. The van der Waals surface area contributed by atoms with Crippen LogP contribution in [0.3, 0.4) is 0 Å². The Morgan fingerprint density at radius 2 is 2.29 bits per heavy atom. The molecular formula is C11H9N3O3. The first-order chi connectivity index (χ1) is 8.24. The molecule has 6 nitrogen and oxygen atoms in total. The molecule has 0 N–H and O–H groups in total. The van der Waals surface area contributed by atoms with Crippen molar-refractivity contribution in [2.75, 3.05) is 7.11 Å². The summed E-state index contributed by atoms with van der Waals surface area (Å²) in [6.07, 6.45) is 0. The van der Waals surface area contributed by atoms with Gasteiger partial charge in [-0.15, -0.1) is 0 Å². The van der Waals surface area contributed by atoms with Gasteiger partial charge in [-0.2, -0.15) is 0 Å². The molecule has 0 radical (unpaired) electrons. The first kappa shape index (κ1) is 11.0. The third-order valence-corrected chi connectivity index (χ3v) is 2.28. The van der Waals surface area contributed by atoms with Gasteiger partial charge >= 0.3 is 0 Å². The Morgan fingerprint density at radius 3 is 3.00 bits per heavy atom. The van der Waals surface area contributed by atoms with E-state index < -0.39 is 0 Å². The minimum Gasteiger partial charge on any atom is -0.497 e. The van der Waals surface area contributed by atoms with Crippen LogP contribution in [0, 0.1) is 0 Å². The van der Waals surface area contributed by atoms with Gasteiger partial charge in [0.25, 0.3) is 0 Å². The van der Waals surface area contributed by atoms with Crippen LogP contribution < -0.4 is 10.2 Å². The highest BCUT2D eigenvalue weighted by atomic mass is 16.5. The molecule has 0 bridgehead atoms. The number of nitrogens with zero attached hydrogens (tertiary/aromatic N) is 3. The smallest absolute Gasteiger partial charge is 0.192 e. The minimum absolute atomic E-state index is 0.0128. The van der Waals surface area contributed by atoms with Gasteiger partial charge in [0.2, 0.25) is 0 Å². The summed E-state index contributed by atoms with van der Waals surface area (Å²) in [7, 11) is 1.53. The van der Waals surface area contributed by atoms with Crippen LogP contribution in [0.25, 0.3) is 21.4 Å². The van der Waals surface area contributed by atoms with E-state index in [4.69, 9.17) is 14.7 Å². The maximum atomic E-state index is 11.7. The largest absolute Gasteiger partial charge is 0.497 e. The molecule has 1 aromatic carbocycles. The standard InChI is InChI=1S/C11H9N3O3/c1-16-7-2-3-9-10(15)4-8(6-13-14-12)17-11(9)5-7/h2-5H,6H2,1H3. The Balaban J connectivity index is 2.61. The molecule has 0 saturated heterocycles. The van der Waals surface area contributed by atoms with E-state index in [0.717, 1.165) is 0 Å². The average Bonchev–Trinajstić information content (AvgIpc) is 2.35. The molecule has 2 rings (SSSR count). The molecule has 0 atom stereocenters. The van der Waals surface area contributed by atoms with Crippen molar-refractivity contribution in [3.63, 3.8) is 0 Å². The highest BCUT2D eigenvalue weighted by Gasteiger charge is 2.05. The highest BCUT2D eigenvalue weighted by Crippen LogP contribution is 2.19. The fraction of sp³-hybridized carbons (Fsp3) is 0.182. The quantitative estimate of drug-likeness (QED) is 0.462. The van der Waals surface area contributed by atoms with Crippen LogP contribution in [-0.2, 0) is 6.54 Å². The first-order valence-corrected chi connectivity index (χ1v) is 4.86. The van der Waals surface area contributed by atoms with Crippen LogP contribution in [0.1, 0.15) is 5.76 Å². The average molecular weight is 231 g/mol. The monoisotopic (exact) mass is 231 g/mol. The van der Waals surface area contributed by atoms with Gasteiger partial charge in [-0.05, 0) is 17.7 Å². The number of fused-ring (bicyclic) bond motifs is 1. The number of hydrogen-bond donors (Lipinski definition) is 0. The van der Waals surface area contributed by atoms with Crippen molar-refractivity contribution in [2.24, 2.45) is 5.11 Å². The molecule has 0 aliphatic rings. The summed E-state index contributed by atoms with van der Waals surface area (Å²) in [6.45, 7) is 0.0128. The highest BCUT2D eigenvalue weighted by molar-refractivity contribution is 5.77. The summed E-state index contributed by atoms with van der Waals surface area (Å²) in [5, 5.41) is 3.82. The zero-order chi connectivity index (χ0) is 12.3. The van der Waals surface area contributed by atoms with Gasteiger partial charge in [0.15, 0.2) is 5.43 Å². The van der Waals surface area contributed by atoms with Crippen molar-refractivity contribution in [1.82, 2.24) is 0 Å². The third-order valence-electron chi connectivity index (χ3n) is 2.28. The molecular weight excluding hydrogens is 222 g/mol. The van der Waals surface area contributed by atoms with E-state index in [0.29, 0.717) is 22.5 Å². The molecule has 0 fully saturated rings. The first-order valence-electron chi connectivity index (χ1n) is 4.86. The van der Waals surface area contributed by atoms with E-state index in [2.05, 4.69) is 10.0 Å². The zero-order valence-electron chi connectivity index (χ0n) is 9.08. The number of ether oxygens (including phenoxy) is 1. The Kier molecular flexibility index (Phi) is 2.98. The Bertz CT molecular complexity index is 657. The van der Waals surface area contributed by atoms with E-state index in [1.54, 1.807) is 18.2 Å². The molecule has 0 spiro atoms. The third kappa shape index (κ3) is 2.21. The fourth-order valence-corrected chi connectivity index (χ4v) is 1.49. The van der Waals surface area contributed by atoms with Crippen molar-refractivity contribution >= 4 is 11.0 Å². The normalized spacial score (nSPS) is 9.94. The summed E-state index contributed by atoms with van der Waals surface area (Å²) in [5.74, 6) is 0.926. The lowest BCUT2D eigenvalue weighted by molar-refractivity contribution is 0.414. The van der Waals surface area contributed by atoms with Crippen molar-refractivity contribution in [3.05, 3.63) is 50.7 Å². The van der Waals surface area contributed by atoms with E-state index >= 15 is 0 Å². The van der Waals surface area contributed by atoms with Gasteiger partial charge < -0.3 is 9.15 Å². The van der Waals surface area contributed by atoms with Gasteiger partial charge in [0, 0.05) is 17.0 Å². The molecule has 0 aliphatic heterocycles. The summed E-state index contributed by atoms with van der Waals surface area (Å²) in [6, 6.07) is 6.27. The molecule has 0 unspecified atom stereocenters. The molecule has 6 heteroatoms. The summed E-state index contributed by atoms with van der Waals surface area (Å²) in [5.41, 5.74) is 8.46. The molecule has 1 aromatic heterocycles. The topological polar surface area (TPSA) is 88.2 Å². The second kappa shape index (κ2) is 4.59. The van der Waals surface area contributed by atoms with Gasteiger partial charge in [-0.3, -0.25) is 4.79 Å².